The van der Waals surface area contributed by atoms with Crippen LogP contribution in [-0.4, -0.2) is 83.3 Å². The van der Waals surface area contributed by atoms with Crippen molar-refractivity contribution in [3.63, 3.8) is 0 Å². The van der Waals surface area contributed by atoms with Crippen molar-refractivity contribution in [2.24, 2.45) is 5.41 Å². The molecule has 4 heterocycles. The highest BCUT2D eigenvalue weighted by molar-refractivity contribution is 7.20. The predicted octanol–water partition coefficient (Wildman–Crippen LogP) is 5.91. The third kappa shape index (κ3) is 8.78. The molecule has 2 aromatic carbocycles. The quantitative estimate of drug-likeness (QED) is 0.266. The normalized spacial score (nSPS) is 21.4. The molecule has 2 atom stereocenters. The summed E-state index contributed by atoms with van der Waals surface area (Å²) >= 11 is 1.26. The van der Waals surface area contributed by atoms with Crippen LogP contribution in [0.5, 0.6) is 5.75 Å². The Kier molecular flexibility index (Phi) is 10.7. The first-order valence-electron chi connectivity index (χ1n) is 18.0. The van der Waals surface area contributed by atoms with Crippen LogP contribution in [0.3, 0.4) is 0 Å². The van der Waals surface area contributed by atoms with Crippen molar-refractivity contribution in [1.29, 1.82) is 0 Å². The van der Waals surface area contributed by atoms with Gasteiger partial charge >= 0.3 is 12.1 Å². The van der Waals surface area contributed by atoms with E-state index in [1.165, 1.54) is 11.3 Å². The molecule has 0 saturated carbocycles. The SMILES string of the molecule is CC(C)(C)OC(=O)Nc1sc(-c2ccc(OC(Cc3ccccc3)C(=O)[O-])cc2)cc1C(=O)N1CCC(N2CCCC3(C2)CC(C)(C)OC3=O)CC1. The Hall–Kier alpha value is -4.42. The van der Waals surface area contributed by atoms with Gasteiger partial charge in [0, 0.05) is 43.4 Å². The number of carbonyl (C=O) groups is 4. The van der Waals surface area contributed by atoms with E-state index in [0.29, 0.717) is 35.9 Å². The van der Waals surface area contributed by atoms with Crippen LogP contribution >= 0.6 is 11.3 Å². The molecule has 0 bridgehead atoms. The lowest BCUT2D eigenvalue weighted by atomic mass is 9.74. The van der Waals surface area contributed by atoms with E-state index < -0.39 is 34.8 Å². The molecule has 1 N–H and O–H groups in total. The van der Waals surface area contributed by atoms with Crippen molar-refractivity contribution < 1.29 is 38.5 Å². The van der Waals surface area contributed by atoms with Gasteiger partial charge in [-0.25, -0.2) is 4.79 Å². The highest BCUT2D eigenvalue weighted by atomic mass is 32.1. The van der Waals surface area contributed by atoms with Crippen molar-refractivity contribution in [2.75, 3.05) is 31.5 Å². The van der Waals surface area contributed by atoms with E-state index in [1.807, 2.05) is 49.1 Å². The Morgan fingerprint density at radius 1 is 1.04 bits per heavy atom. The number of cyclic esters (lactones) is 1. The fraction of sp³-hybridized carbons (Fsp3) is 0.500. The van der Waals surface area contributed by atoms with Crippen LogP contribution in [0.4, 0.5) is 9.80 Å². The molecule has 6 rings (SSSR count). The van der Waals surface area contributed by atoms with Gasteiger partial charge in [0.05, 0.1) is 16.9 Å². The molecule has 52 heavy (non-hydrogen) atoms. The fourth-order valence-electron chi connectivity index (χ4n) is 7.72. The third-order valence-electron chi connectivity index (χ3n) is 9.96. The molecule has 278 valence electrons. The second-order valence-electron chi connectivity index (χ2n) is 15.8. The van der Waals surface area contributed by atoms with Crippen molar-refractivity contribution in [1.82, 2.24) is 9.80 Å². The van der Waals surface area contributed by atoms with Gasteiger partial charge in [0.1, 0.15) is 28.1 Å². The number of benzene rings is 2. The number of amides is 2. The highest BCUT2D eigenvalue weighted by Gasteiger charge is 2.54. The van der Waals surface area contributed by atoms with Gasteiger partial charge in [-0.2, -0.15) is 0 Å². The minimum Gasteiger partial charge on any atom is -0.546 e. The van der Waals surface area contributed by atoms with Crippen molar-refractivity contribution >= 4 is 40.3 Å². The van der Waals surface area contributed by atoms with Gasteiger partial charge < -0.3 is 29.0 Å². The topological polar surface area (TPSA) is 138 Å². The second kappa shape index (κ2) is 14.9. The largest absolute Gasteiger partial charge is 0.546 e. The van der Waals surface area contributed by atoms with Crippen LogP contribution in [0.1, 0.15) is 82.6 Å². The summed E-state index contributed by atoms with van der Waals surface area (Å²) in [7, 11) is 0. The lowest BCUT2D eigenvalue weighted by molar-refractivity contribution is -0.313. The van der Waals surface area contributed by atoms with E-state index in [4.69, 9.17) is 14.2 Å². The first-order valence-corrected chi connectivity index (χ1v) is 18.8. The Labute approximate surface area is 309 Å². The van der Waals surface area contributed by atoms with E-state index >= 15 is 0 Å². The predicted molar refractivity (Wildman–Crippen MR) is 196 cm³/mol. The van der Waals surface area contributed by atoms with Gasteiger partial charge in [-0.1, -0.05) is 30.3 Å². The van der Waals surface area contributed by atoms with Crippen LogP contribution in [0.15, 0.2) is 60.7 Å². The number of ether oxygens (including phenoxy) is 3. The first kappa shape index (κ1) is 37.3. The number of carbonyl (C=O) groups excluding carboxylic acids is 4. The zero-order chi connectivity index (χ0) is 37.3. The molecule has 12 heteroatoms. The van der Waals surface area contributed by atoms with Gasteiger partial charge in [-0.15, -0.1) is 11.3 Å². The lowest BCUT2D eigenvalue weighted by Gasteiger charge is -2.44. The van der Waals surface area contributed by atoms with Crippen molar-refractivity contribution in [3.05, 3.63) is 71.8 Å². The minimum absolute atomic E-state index is 0.0833. The van der Waals surface area contributed by atoms with E-state index in [9.17, 15) is 24.3 Å². The van der Waals surface area contributed by atoms with Gasteiger partial charge in [0.15, 0.2) is 0 Å². The van der Waals surface area contributed by atoms with Gasteiger partial charge in [0.25, 0.3) is 5.91 Å². The summed E-state index contributed by atoms with van der Waals surface area (Å²) in [4.78, 5) is 56.8. The fourth-order valence-corrected chi connectivity index (χ4v) is 8.76. The van der Waals surface area contributed by atoms with E-state index in [-0.39, 0.29) is 24.3 Å². The Bertz CT molecular complexity index is 1780. The zero-order valence-electron chi connectivity index (χ0n) is 30.6. The van der Waals surface area contributed by atoms with Crippen LogP contribution in [0.2, 0.25) is 0 Å². The number of piperidine rings is 2. The number of carboxylic acid groups (broad SMARTS) is 1. The molecule has 0 radical (unpaired) electrons. The number of rotatable bonds is 9. The number of anilines is 1. The molecule has 1 aromatic heterocycles. The zero-order valence-corrected chi connectivity index (χ0v) is 31.4. The number of likely N-dealkylation sites (tertiary alicyclic amines) is 2. The maximum absolute atomic E-state index is 14.1. The number of nitrogens with zero attached hydrogens (tertiary/aromatic N) is 2. The summed E-state index contributed by atoms with van der Waals surface area (Å²) in [5.41, 5.74) is 0.331. The molecule has 3 fully saturated rings. The Morgan fingerprint density at radius 3 is 2.35 bits per heavy atom. The monoisotopic (exact) mass is 730 g/mol. The maximum atomic E-state index is 14.1. The number of hydrogen-bond acceptors (Lipinski definition) is 10. The molecule has 3 aromatic rings. The molecule has 3 aliphatic heterocycles. The number of esters is 1. The molecule has 3 saturated heterocycles. The average Bonchev–Trinajstić information content (AvgIpc) is 3.60. The molecule has 1 spiro atoms. The summed E-state index contributed by atoms with van der Waals surface area (Å²) in [6, 6.07) is 18.2. The lowest BCUT2D eigenvalue weighted by Crippen LogP contribution is -2.53. The Morgan fingerprint density at radius 2 is 1.73 bits per heavy atom. The Balaban J connectivity index is 1.15. The number of carboxylic acids is 1. The molecule has 3 aliphatic rings. The van der Waals surface area contributed by atoms with Gasteiger partial charge in [-0.3, -0.25) is 19.8 Å². The summed E-state index contributed by atoms with van der Waals surface area (Å²) in [6.07, 6.45) is 2.41. The van der Waals surface area contributed by atoms with Crippen molar-refractivity contribution in [2.45, 2.75) is 96.5 Å². The van der Waals surface area contributed by atoms with Crippen LogP contribution in [0.25, 0.3) is 10.4 Å². The number of hydrogen-bond donors (Lipinski definition) is 1. The van der Waals surface area contributed by atoms with Gasteiger partial charge in [0.2, 0.25) is 0 Å². The third-order valence-corrected chi connectivity index (χ3v) is 11.1. The number of thiophene rings is 1. The van der Waals surface area contributed by atoms with Crippen LogP contribution in [-0.2, 0) is 25.5 Å². The minimum atomic E-state index is -1.31. The number of nitrogens with one attached hydrogen (secondary N) is 1. The molecular weight excluding hydrogens is 683 g/mol. The molecule has 0 aliphatic carbocycles. The standard InChI is InChI=1S/C40H49N3O8S/c1-38(2,3)51-37(48)41-33-30(23-32(52-33)27-12-14-29(15-13-27)49-31(35(45)46)22-26-10-7-6-8-11-26)34(44)42-20-16-28(17-21-42)43-19-9-18-40(25-43)24-39(4,5)50-36(40)47/h6-8,10-15,23,28,31H,9,16-22,24-25H2,1-5H3,(H,41,48)(H,45,46)/p-1. The van der Waals surface area contributed by atoms with E-state index in [0.717, 1.165) is 54.7 Å². The summed E-state index contributed by atoms with van der Waals surface area (Å²) < 4.78 is 17.0. The van der Waals surface area contributed by atoms with E-state index in [1.54, 1.807) is 51.1 Å². The average molecular weight is 731 g/mol. The first-order chi connectivity index (χ1) is 24.6. The van der Waals surface area contributed by atoms with Crippen LogP contribution in [0, 0.1) is 5.41 Å². The summed E-state index contributed by atoms with van der Waals surface area (Å²) in [5, 5.41) is 15.1. The smallest absolute Gasteiger partial charge is 0.412 e. The van der Waals surface area contributed by atoms with Crippen LogP contribution < -0.4 is 15.2 Å². The molecule has 11 nitrogen and oxygen atoms in total. The molecule has 2 amide bonds. The molecule has 2 unspecified atom stereocenters. The second-order valence-corrected chi connectivity index (χ2v) is 16.9. The van der Waals surface area contributed by atoms with Crippen molar-refractivity contribution in [3.8, 4) is 16.2 Å². The molecular formula is C40H48N3O8S-. The number of aliphatic carboxylic acids is 1. The maximum Gasteiger partial charge on any atom is 0.412 e. The highest BCUT2D eigenvalue weighted by Crippen LogP contribution is 2.47. The summed E-state index contributed by atoms with van der Waals surface area (Å²) in [5.74, 6) is -1.20. The summed E-state index contributed by atoms with van der Waals surface area (Å²) in [6.45, 7) is 12.0. The van der Waals surface area contributed by atoms with Gasteiger partial charge in [-0.05, 0) is 108 Å². The van der Waals surface area contributed by atoms with E-state index in [2.05, 4.69) is 10.2 Å².